The molecule has 152 valence electrons. The van der Waals surface area contributed by atoms with Gasteiger partial charge in [-0.1, -0.05) is 41.3 Å². The summed E-state index contributed by atoms with van der Waals surface area (Å²) < 4.78 is 3.10. The van der Waals surface area contributed by atoms with Gasteiger partial charge in [-0.15, -0.1) is 0 Å². The Kier molecular flexibility index (Phi) is 6.93. The molecule has 1 atom stereocenters. The van der Waals surface area contributed by atoms with Crippen LogP contribution >= 0.6 is 15.9 Å². The normalized spacial score (nSPS) is 17.1. The van der Waals surface area contributed by atoms with Crippen molar-refractivity contribution in [1.29, 1.82) is 0 Å². The van der Waals surface area contributed by atoms with Gasteiger partial charge in [-0.25, -0.2) is 4.79 Å². The number of imide groups is 1. The predicted octanol–water partition coefficient (Wildman–Crippen LogP) is 3.08. The molecule has 2 N–H and O–H groups in total. The third-order valence-corrected chi connectivity index (χ3v) is 5.81. The second-order valence-electron chi connectivity index (χ2n) is 7.24. The number of para-hydroxylation sites is 1. The minimum atomic E-state index is -0.654. The molecule has 7 nitrogen and oxygen atoms in total. The van der Waals surface area contributed by atoms with Gasteiger partial charge in [-0.05, 0) is 31.4 Å². The zero-order valence-electron chi connectivity index (χ0n) is 16.2. The van der Waals surface area contributed by atoms with Gasteiger partial charge in [-0.2, -0.15) is 0 Å². The Balaban J connectivity index is 1.78. The van der Waals surface area contributed by atoms with Crippen LogP contribution in [0.2, 0.25) is 0 Å². The molecule has 0 aliphatic carbocycles. The number of aromatic nitrogens is 2. The van der Waals surface area contributed by atoms with Gasteiger partial charge in [0.1, 0.15) is 6.04 Å². The lowest BCUT2D eigenvalue weighted by Crippen LogP contribution is -2.44. The topological polar surface area (TPSA) is 85.1 Å². The van der Waals surface area contributed by atoms with Crippen molar-refractivity contribution in [2.45, 2.75) is 51.0 Å². The van der Waals surface area contributed by atoms with E-state index < -0.39 is 11.9 Å². The van der Waals surface area contributed by atoms with E-state index in [1.54, 1.807) is 11.6 Å². The number of rotatable bonds is 9. The van der Waals surface area contributed by atoms with E-state index in [0.29, 0.717) is 11.9 Å². The predicted molar refractivity (Wildman–Crippen MR) is 114 cm³/mol. The number of imidazole rings is 1. The summed E-state index contributed by atoms with van der Waals surface area (Å²) in [5.41, 5.74) is 2.15. The fourth-order valence-corrected chi connectivity index (χ4v) is 4.18. The summed E-state index contributed by atoms with van der Waals surface area (Å²) in [6.45, 7) is 0.839. The lowest BCUT2D eigenvalue weighted by Gasteiger charge is -2.22. The Labute approximate surface area is 172 Å². The average Bonchev–Trinajstić information content (AvgIpc) is 2.93. The molecular weight excluding hydrogens is 424 g/mol. The van der Waals surface area contributed by atoms with Crippen molar-refractivity contribution in [2.75, 3.05) is 17.2 Å². The first-order chi connectivity index (χ1) is 13.5. The molecule has 1 fully saturated rings. The van der Waals surface area contributed by atoms with E-state index in [1.165, 1.54) is 30.3 Å². The van der Waals surface area contributed by atoms with E-state index in [1.807, 2.05) is 18.2 Å². The first-order valence-corrected chi connectivity index (χ1v) is 11.0. The second-order valence-corrected chi connectivity index (χ2v) is 8.03. The van der Waals surface area contributed by atoms with Crippen molar-refractivity contribution >= 4 is 44.5 Å². The molecule has 28 heavy (non-hydrogen) atoms. The minimum Gasteiger partial charge on any atom is -0.383 e. The molecule has 2 heterocycles. The molecule has 1 aromatic carbocycles. The van der Waals surface area contributed by atoms with Crippen LogP contribution in [-0.2, 0) is 16.6 Å². The molecule has 0 radical (unpaired) electrons. The molecule has 1 aromatic heterocycles. The Bertz CT molecular complexity index is 918. The fourth-order valence-electron chi connectivity index (χ4n) is 3.78. The van der Waals surface area contributed by atoms with Gasteiger partial charge in [-0.3, -0.25) is 24.0 Å². The summed E-state index contributed by atoms with van der Waals surface area (Å²) >= 11 is 3.45. The Morgan fingerprint density at radius 1 is 1.14 bits per heavy atom. The third kappa shape index (κ3) is 4.32. The fraction of sp³-hybridized carbons (Fsp3) is 0.550. The number of anilines is 1. The van der Waals surface area contributed by atoms with Gasteiger partial charge in [0, 0.05) is 25.3 Å². The van der Waals surface area contributed by atoms with Gasteiger partial charge >= 0.3 is 5.69 Å². The zero-order valence-corrected chi connectivity index (χ0v) is 17.8. The van der Waals surface area contributed by atoms with Crippen molar-refractivity contribution in [2.24, 2.45) is 7.05 Å². The van der Waals surface area contributed by atoms with Gasteiger partial charge in [0.05, 0.1) is 16.7 Å². The molecule has 3 rings (SSSR count). The van der Waals surface area contributed by atoms with Gasteiger partial charge in [0.2, 0.25) is 11.8 Å². The number of benzene rings is 1. The number of unbranched alkanes of at least 4 members (excludes halogenated alkanes) is 4. The van der Waals surface area contributed by atoms with Gasteiger partial charge in [0.15, 0.2) is 0 Å². The molecular formula is C20H27BrN4O3. The number of carbonyl (C=O) groups excluding carboxylic acids is 2. The maximum Gasteiger partial charge on any atom is 0.329 e. The molecule has 1 saturated heterocycles. The van der Waals surface area contributed by atoms with Gasteiger partial charge < -0.3 is 5.32 Å². The summed E-state index contributed by atoms with van der Waals surface area (Å²) in [5, 5.41) is 6.85. The first kappa shape index (κ1) is 20.6. The summed E-state index contributed by atoms with van der Waals surface area (Å²) in [6, 6.07) is 5.05. The van der Waals surface area contributed by atoms with Crippen LogP contribution in [0.1, 0.15) is 51.0 Å². The summed E-state index contributed by atoms with van der Waals surface area (Å²) in [7, 11) is 1.72. The van der Waals surface area contributed by atoms with Crippen LogP contribution in [0.4, 0.5) is 5.69 Å². The highest BCUT2D eigenvalue weighted by Gasteiger charge is 2.31. The maximum atomic E-state index is 12.9. The highest BCUT2D eigenvalue weighted by Crippen LogP contribution is 2.27. The second kappa shape index (κ2) is 9.41. The lowest BCUT2D eigenvalue weighted by molar-refractivity contribution is -0.135. The van der Waals surface area contributed by atoms with Crippen LogP contribution in [0.3, 0.4) is 0 Å². The number of aryl methyl sites for hydroxylation is 1. The third-order valence-electron chi connectivity index (χ3n) is 5.25. The summed E-state index contributed by atoms with van der Waals surface area (Å²) in [5.74, 6) is -0.694. The van der Waals surface area contributed by atoms with Crippen LogP contribution in [-0.4, -0.2) is 32.8 Å². The molecule has 0 bridgehead atoms. The van der Waals surface area contributed by atoms with Crippen LogP contribution < -0.4 is 16.3 Å². The number of nitrogens with zero attached hydrogens (tertiary/aromatic N) is 2. The molecule has 0 saturated carbocycles. The van der Waals surface area contributed by atoms with Crippen molar-refractivity contribution in [1.82, 2.24) is 14.5 Å². The Hall–Kier alpha value is -2.09. The number of hydrogen-bond acceptors (Lipinski definition) is 4. The molecule has 2 aromatic rings. The smallest absolute Gasteiger partial charge is 0.329 e. The van der Waals surface area contributed by atoms with Crippen LogP contribution in [0.5, 0.6) is 0 Å². The van der Waals surface area contributed by atoms with E-state index in [4.69, 9.17) is 0 Å². The number of piperidine rings is 1. The van der Waals surface area contributed by atoms with E-state index in [0.717, 1.165) is 29.5 Å². The minimum absolute atomic E-state index is 0.242. The summed E-state index contributed by atoms with van der Waals surface area (Å²) in [4.78, 5) is 36.6. The SMILES string of the molecule is Cn1c(=O)n(C2CCC(=O)NC2=O)c2cccc(NCCCCCCCBr)c21. The number of halogens is 1. The van der Waals surface area contributed by atoms with E-state index in [9.17, 15) is 14.4 Å². The Morgan fingerprint density at radius 3 is 2.64 bits per heavy atom. The molecule has 8 heteroatoms. The first-order valence-electron chi connectivity index (χ1n) is 9.88. The largest absolute Gasteiger partial charge is 0.383 e. The maximum absolute atomic E-state index is 12.9. The molecule has 2 amide bonds. The molecule has 1 aliphatic rings. The average molecular weight is 451 g/mol. The number of hydrogen-bond donors (Lipinski definition) is 2. The van der Waals surface area contributed by atoms with E-state index in [2.05, 4.69) is 26.6 Å². The van der Waals surface area contributed by atoms with Crippen molar-refractivity contribution in [3.05, 3.63) is 28.7 Å². The standard InChI is InChI=1S/C20H27BrN4O3/c1-24-18-14(22-13-6-4-2-3-5-12-21)8-7-9-15(18)25(20(24)28)16-10-11-17(26)23-19(16)27/h7-9,16,22H,2-6,10-13H2,1H3,(H,23,26,27). The summed E-state index contributed by atoms with van der Waals surface area (Å²) in [6.07, 6.45) is 6.50. The van der Waals surface area contributed by atoms with Crippen molar-refractivity contribution in [3.8, 4) is 0 Å². The highest BCUT2D eigenvalue weighted by atomic mass is 79.9. The number of alkyl halides is 1. The molecule has 0 spiro atoms. The monoisotopic (exact) mass is 450 g/mol. The molecule has 1 aliphatic heterocycles. The van der Waals surface area contributed by atoms with Gasteiger partial charge in [0.25, 0.3) is 0 Å². The number of nitrogens with one attached hydrogen (secondary N) is 2. The number of amides is 2. The van der Waals surface area contributed by atoms with Crippen LogP contribution in [0, 0.1) is 0 Å². The zero-order chi connectivity index (χ0) is 20.1. The van der Waals surface area contributed by atoms with E-state index >= 15 is 0 Å². The van der Waals surface area contributed by atoms with Crippen molar-refractivity contribution in [3.63, 3.8) is 0 Å². The number of fused-ring (bicyclic) bond motifs is 1. The van der Waals surface area contributed by atoms with E-state index in [-0.39, 0.29) is 18.0 Å². The quantitative estimate of drug-likeness (QED) is 0.349. The van der Waals surface area contributed by atoms with Crippen LogP contribution in [0.25, 0.3) is 11.0 Å². The number of carbonyl (C=O) groups is 2. The van der Waals surface area contributed by atoms with Crippen molar-refractivity contribution < 1.29 is 9.59 Å². The molecule has 1 unspecified atom stereocenters. The lowest BCUT2D eigenvalue weighted by atomic mass is 10.1. The Morgan fingerprint density at radius 2 is 1.89 bits per heavy atom. The van der Waals surface area contributed by atoms with Crippen LogP contribution in [0.15, 0.2) is 23.0 Å². The highest BCUT2D eigenvalue weighted by molar-refractivity contribution is 9.09.